The molecule has 0 aliphatic carbocycles. The fourth-order valence-corrected chi connectivity index (χ4v) is 7.57. The molecule has 3 aromatic rings. The minimum atomic E-state index is -2.90. The molecule has 0 bridgehead atoms. The van der Waals surface area contributed by atoms with Crippen LogP contribution in [0.4, 0.5) is 0 Å². The average molecular weight is 479 g/mol. The summed E-state index contributed by atoms with van der Waals surface area (Å²) < 4.78 is 25.4. The van der Waals surface area contributed by atoms with Crippen molar-refractivity contribution in [2.75, 3.05) is 37.7 Å². The lowest BCUT2D eigenvalue weighted by Gasteiger charge is -2.37. The molecule has 0 unspecified atom stereocenters. The van der Waals surface area contributed by atoms with E-state index in [1.165, 1.54) is 11.3 Å². The van der Waals surface area contributed by atoms with Gasteiger partial charge in [-0.15, -0.1) is 11.3 Å². The summed E-state index contributed by atoms with van der Waals surface area (Å²) in [6.07, 6.45) is 0.699. The van der Waals surface area contributed by atoms with Crippen molar-refractivity contribution < 1.29 is 13.2 Å². The zero-order valence-electron chi connectivity index (χ0n) is 17.1. The lowest BCUT2D eigenvalue weighted by atomic mass is 10.2. The van der Waals surface area contributed by atoms with E-state index in [1.807, 2.05) is 46.8 Å². The highest BCUT2D eigenvalue weighted by molar-refractivity contribution is 7.91. The molecule has 4 heterocycles. The van der Waals surface area contributed by atoms with Gasteiger partial charge in [0.25, 0.3) is 5.91 Å². The van der Waals surface area contributed by atoms with Crippen LogP contribution in [0.15, 0.2) is 30.3 Å². The number of carbonyl (C=O) groups is 1. The van der Waals surface area contributed by atoms with Crippen LogP contribution in [0.1, 0.15) is 21.8 Å². The van der Waals surface area contributed by atoms with Gasteiger partial charge in [0.15, 0.2) is 9.84 Å². The molecule has 0 radical (unpaired) electrons. The van der Waals surface area contributed by atoms with Crippen molar-refractivity contribution in [1.29, 1.82) is 0 Å². The predicted molar refractivity (Wildman–Crippen MR) is 123 cm³/mol. The summed E-state index contributed by atoms with van der Waals surface area (Å²) in [5, 5.41) is 6.19. The first kappa shape index (κ1) is 20.9. The third kappa shape index (κ3) is 3.88. The van der Waals surface area contributed by atoms with E-state index in [0.717, 1.165) is 21.6 Å². The molecule has 0 N–H and O–H groups in total. The van der Waals surface area contributed by atoms with Crippen LogP contribution >= 0.6 is 22.9 Å². The van der Waals surface area contributed by atoms with Crippen molar-refractivity contribution in [3.8, 4) is 5.69 Å². The summed E-state index contributed by atoms with van der Waals surface area (Å²) in [6.45, 7) is 4.58. The number of sulfone groups is 1. The van der Waals surface area contributed by atoms with Crippen LogP contribution in [0.2, 0.25) is 5.02 Å². The molecule has 2 saturated heterocycles. The second kappa shape index (κ2) is 7.88. The monoisotopic (exact) mass is 478 g/mol. The Hall–Kier alpha value is -1.94. The van der Waals surface area contributed by atoms with Gasteiger partial charge in [-0.3, -0.25) is 9.69 Å². The van der Waals surface area contributed by atoms with Gasteiger partial charge < -0.3 is 4.90 Å². The highest BCUT2D eigenvalue weighted by atomic mass is 35.5. The Morgan fingerprint density at radius 2 is 1.94 bits per heavy atom. The number of hydrogen-bond donors (Lipinski definition) is 0. The van der Waals surface area contributed by atoms with Gasteiger partial charge in [0, 0.05) is 37.6 Å². The first-order valence-corrected chi connectivity index (χ1v) is 13.3. The minimum absolute atomic E-state index is 0.0185. The molecule has 1 amide bonds. The van der Waals surface area contributed by atoms with Crippen molar-refractivity contribution in [2.45, 2.75) is 19.4 Å². The Balaban J connectivity index is 1.34. The van der Waals surface area contributed by atoms with E-state index < -0.39 is 9.84 Å². The first-order valence-electron chi connectivity index (χ1n) is 10.3. The number of aromatic nitrogens is 2. The van der Waals surface area contributed by atoms with E-state index in [2.05, 4.69) is 10.00 Å². The zero-order chi connectivity index (χ0) is 21.8. The van der Waals surface area contributed by atoms with Crippen molar-refractivity contribution in [3.05, 3.63) is 45.9 Å². The lowest BCUT2D eigenvalue weighted by Crippen LogP contribution is -2.52. The number of fused-ring (bicyclic) bond motifs is 1. The van der Waals surface area contributed by atoms with Gasteiger partial charge in [-0.25, -0.2) is 13.1 Å². The normalized spacial score (nSPS) is 21.7. The number of carbonyl (C=O) groups excluding carboxylic acids is 1. The Morgan fingerprint density at radius 3 is 2.61 bits per heavy atom. The molecular weight excluding hydrogens is 456 g/mol. The number of para-hydroxylation sites is 1. The van der Waals surface area contributed by atoms with E-state index in [-0.39, 0.29) is 23.5 Å². The van der Waals surface area contributed by atoms with Crippen LogP contribution in [0.3, 0.4) is 0 Å². The minimum Gasteiger partial charge on any atom is -0.335 e. The van der Waals surface area contributed by atoms with Crippen molar-refractivity contribution in [1.82, 2.24) is 19.6 Å². The maximum atomic E-state index is 13.2. The van der Waals surface area contributed by atoms with Crippen LogP contribution in [0, 0.1) is 6.92 Å². The standard InChI is InChI=1S/C21H23ClN4O3S2/c1-14-16-12-19(30-21(16)26(23-14)18-5-3-2-4-17(18)22)20(27)25-9-7-24(8-10-25)15-6-11-31(28,29)13-15/h2-5,12,15H,6-11,13H2,1H3/t15-/m0/s1. The van der Waals surface area contributed by atoms with E-state index in [1.54, 1.807) is 0 Å². The molecule has 2 aliphatic rings. The summed E-state index contributed by atoms with van der Waals surface area (Å²) >= 11 is 7.80. The van der Waals surface area contributed by atoms with Crippen LogP contribution in [-0.4, -0.2) is 77.6 Å². The Kier molecular flexibility index (Phi) is 5.32. The van der Waals surface area contributed by atoms with Crippen LogP contribution in [0.25, 0.3) is 15.9 Å². The third-order valence-electron chi connectivity index (χ3n) is 6.16. The third-order valence-corrected chi connectivity index (χ3v) is 9.33. The summed E-state index contributed by atoms with van der Waals surface area (Å²) in [5.41, 5.74) is 1.65. The van der Waals surface area contributed by atoms with E-state index in [9.17, 15) is 13.2 Å². The fraction of sp³-hybridized carbons (Fsp3) is 0.429. The number of hydrogen-bond acceptors (Lipinski definition) is 6. The predicted octanol–water partition coefficient (Wildman–Crippen LogP) is 2.99. The van der Waals surface area contributed by atoms with Gasteiger partial charge in [-0.1, -0.05) is 23.7 Å². The topological polar surface area (TPSA) is 75.5 Å². The Bertz CT molecular complexity index is 1260. The van der Waals surface area contributed by atoms with E-state index in [0.29, 0.717) is 42.5 Å². The first-order chi connectivity index (χ1) is 14.8. The summed E-state index contributed by atoms with van der Waals surface area (Å²) in [5.74, 6) is 0.542. The highest BCUT2D eigenvalue weighted by Crippen LogP contribution is 2.33. The van der Waals surface area contributed by atoms with Gasteiger partial charge in [-0.05, 0) is 31.5 Å². The van der Waals surface area contributed by atoms with Gasteiger partial charge in [0.2, 0.25) is 0 Å². The van der Waals surface area contributed by atoms with Crippen LogP contribution < -0.4 is 0 Å². The molecule has 1 aromatic carbocycles. The summed E-state index contributed by atoms with van der Waals surface area (Å²) in [4.78, 5) is 18.9. The number of aryl methyl sites for hydroxylation is 1. The zero-order valence-corrected chi connectivity index (χ0v) is 19.5. The SMILES string of the molecule is Cc1nn(-c2ccccc2Cl)c2sc(C(=O)N3CCN([C@H]4CCS(=O)(=O)C4)CC3)cc12. The summed E-state index contributed by atoms with van der Waals surface area (Å²) in [6, 6.07) is 9.55. The van der Waals surface area contributed by atoms with Crippen LogP contribution in [-0.2, 0) is 9.84 Å². The van der Waals surface area contributed by atoms with Crippen molar-refractivity contribution in [3.63, 3.8) is 0 Å². The number of nitrogens with zero attached hydrogens (tertiary/aromatic N) is 4. The van der Waals surface area contributed by atoms with Crippen molar-refractivity contribution in [2.24, 2.45) is 0 Å². The van der Waals surface area contributed by atoms with Crippen LogP contribution in [0.5, 0.6) is 0 Å². The highest BCUT2D eigenvalue weighted by Gasteiger charge is 2.34. The molecule has 5 rings (SSSR count). The quantitative estimate of drug-likeness (QED) is 0.578. The van der Waals surface area contributed by atoms with Gasteiger partial charge in [0.05, 0.1) is 32.8 Å². The molecule has 10 heteroatoms. The fourth-order valence-electron chi connectivity index (χ4n) is 4.45. The molecule has 164 valence electrons. The number of rotatable bonds is 3. The molecule has 7 nitrogen and oxygen atoms in total. The number of halogens is 1. The molecule has 2 aromatic heterocycles. The number of benzene rings is 1. The number of piperazine rings is 1. The number of amides is 1. The molecule has 0 spiro atoms. The van der Waals surface area contributed by atoms with E-state index >= 15 is 0 Å². The molecule has 0 saturated carbocycles. The molecule has 1 atom stereocenters. The second-order valence-corrected chi connectivity index (χ2v) is 11.8. The Labute approximate surface area is 190 Å². The molecule has 2 aliphatic heterocycles. The maximum absolute atomic E-state index is 13.2. The summed E-state index contributed by atoms with van der Waals surface area (Å²) in [7, 11) is -2.90. The largest absolute Gasteiger partial charge is 0.335 e. The second-order valence-electron chi connectivity index (χ2n) is 8.16. The van der Waals surface area contributed by atoms with Gasteiger partial charge in [0.1, 0.15) is 4.83 Å². The van der Waals surface area contributed by atoms with Crippen molar-refractivity contribution >= 4 is 48.9 Å². The number of thiophene rings is 1. The molecule has 31 heavy (non-hydrogen) atoms. The Morgan fingerprint density at radius 1 is 1.19 bits per heavy atom. The molecule has 2 fully saturated rings. The lowest BCUT2D eigenvalue weighted by molar-refractivity contribution is 0.0592. The van der Waals surface area contributed by atoms with Gasteiger partial charge in [-0.2, -0.15) is 5.10 Å². The maximum Gasteiger partial charge on any atom is 0.264 e. The average Bonchev–Trinajstić information content (AvgIpc) is 3.43. The smallest absolute Gasteiger partial charge is 0.264 e. The van der Waals surface area contributed by atoms with Gasteiger partial charge >= 0.3 is 0 Å². The molecular formula is C21H23ClN4O3S2. The van der Waals surface area contributed by atoms with E-state index in [4.69, 9.17) is 11.6 Å².